The first kappa shape index (κ1) is 11.4. The van der Waals surface area contributed by atoms with Gasteiger partial charge in [-0.05, 0) is 42.5 Å². The van der Waals surface area contributed by atoms with Gasteiger partial charge in [-0.25, -0.2) is 0 Å². The molecule has 0 heterocycles. The number of nitrogens with two attached hydrogens (primary N) is 1. The van der Waals surface area contributed by atoms with Gasteiger partial charge < -0.3 is 15.6 Å². The van der Waals surface area contributed by atoms with Crippen molar-refractivity contribution in [2.24, 2.45) is 0 Å². The molecule has 3 heteroatoms. The minimum absolute atomic E-state index is 0.387. The Morgan fingerprint density at radius 1 is 1.50 bits per heavy atom. The number of hydrogen-bond donors (Lipinski definition) is 2. The molecule has 1 aliphatic carbocycles. The third-order valence-corrected chi connectivity index (χ3v) is 3.13. The molecule has 1 atom stereocenters. The van der Waals surface area contributed by atoms with E-state index in [9.17, 15) is 5.11 Å². The van der Waals surface area contributed by atoms with Gasteiger partial charge in [0.05, 0.1) is 6.61 Å². The van der Waals surface area contributed by atoms with Crippen LogP contribution in [0.1, 0.15) is 30.9 Å². The van der Waals surface area contributed by atoms with E-state index in [2.05, 4.69) is 6.92 Å². The minimum Gasteiger partial charge on any atom is -0.399 e. The summed E-state index contributed by atoms with van der Waals surface area (Å²) in [5.41, 5.74) is 7.82. The van der Waals surface area contributed by atoms with E-state index in [1.54, 1.807) is 0 Å². The number of aliphatic hydroxyl groups is 1. The van der Waals surface area contributed by atoms with Gasteiger partial charge >= 0.3 is 0 Å². The molecule has 0 fully saturated rings. The molecule has 1 unspecified atom stereocenters. The fourth-order valence-electron chi connectivity index (χ4n) is 2.29. The van der Waals surface area contributed by atoms with Crippen molar-refractivity contribution in [3.8, 4) is 0 Å². The molecule has 88 valence electrons. The van der Waals surface area contributed by atoms with Crippen molar-refractivity contribution in [1.82, 2.24) is 0 Å². The van der Waals surface area contributed by atoms with Crippen LogP contribution in [-0.4, -0.2) is 18.3 Å². The molecule has 0 aromatic heterocycles. The average Bonchev–Trinajstić information content (AvgIpc) is 2.57. The van der Waals surface area contributed by atoms with Crippen molar-refractivity contribution < 1.29 is 9.84 Å². The lowest BCUT2D eigenvalue weighted by Gasteiger charge is -2.23. The Bertz CT molecular complexity index is 378. The maximum Gasteiger partial charge on any atom is 0.113 e. The van der Waals surface area contributed by atoms with Gasteiger partial charge in [0.25, 0.3) is 0 Å². The van der Waals surface area contributed by atoms with Gasteiger partial charge in [-0.2, -0.15) is 0 Å². The maximum absolute atomic E-state index is 10.5. The van der Waals surface area contributed by atoms with E-state index in [1.807, 2.05) is 18.2 Å². The molecule has 1 aromatic rings. The zero-order chi connectivity index (χ0) is 11.6. The van der Waals surface area contributed by atoms with Gasteiger partial charge in [-0.3, -0.25) is 0 Å². The number of nitrogen functional groups attached to an aromatic ring is 1. The fourth-order valence-corrected chi connectivity index (χ4v) is 2.29. The summed E-state index contributed by atoms with van der Waals surface area (Å²) in [4.78, 5) is 0. The first-order chi connectivity index (χ1) is 7.65. The quantitative estimate of drug-likeness (QED) is 0.602. The molecular weight excluding hydrogens is 202 g/mol. The fraction of sp³-hybridized carbons (Fsp3) is 0.538. The second-order valence-electron chi connectivity index (χ2n) is 4.50. The number of rotatable bonds is 4. The molecular formula is C13H19NO2. The van der Waals surface area contributed by atoms with Crippen molar-refractivity contribution in [1.29, 1.82) is 0 Å². The zero-order valence-corrected chi connectivity index (χ0v) is 9.70. The SMILES string of the molecule is CCCOCC1(O)CCc2cc(N)ccc21. The van der Waals surface area contributed by atoms with Crippen LogP contribution >= 0.6 is 0 Å². The molecule has 3 N–H and O–H groups in total. The van der Waals surface area contributed by atoms with Gasteiger partial charge in [0, 0.05) is 12.3 Å². The van der Waals surface area contributed by atoms with E-state index >= 15 is 0 Å². The monoisotopic (exact) mass is 221 g/mol. The van der Waals surface area contributed by atoms with E-state index in [0.29, 0.717) is 13.2 Å². The predicted molar refractivity (Wildman–Crippen MR) is 64.2 cm³/mol. The van der Waals surface area contributed by atoms with Crippen molar-refractivity contribution in [2.45, 2.75) is 31.8 Å². The Morgan fingerprint density at radius 3 is 3.06 bits per heavy atom. The molecule has 3 nitrogen and oxygen atoms in total. The van der Waals surface area contributed by atoms with Crippen molar-refractivity contribution in [2.75, 3.05) is 18.9 Å². The third-order valence-electron chi connectivity index (χ3n) is 3.13. The zero-order valence-electron chi connectivity index (χ0n) is 9.70. The van der Waals surface area contributed by atoms with Crippen LogP contribution in [0.25, 0.3) is 0 Å². The highest BCUT2D eigenvalue weighted by Gasteiger charge is 2.36. The van der Waals surface area contributed by atoms with Crippen LogP contribution in [0.15, 0.2) is 18.2 Å². The van der Waals surface area contributed by atoms with E-state index in [-0.39, 0.29) is 0 Å². The summed E-state index contributed by atoms with van der Waals surface area (Å²) in [6.45, 7) is 3.15. The molecule has 0 amide bonds. The largest absolute Gasteiger partial charge is 0.399 e. The summed E-state index contributed by atoms with van der Waals surface area (Å²) in [7, 11) is 0. The Balaban J connectivity index is 2.15. The van der Waals surface area contributed by atoms with Crippen LogP contribution in [0.4, 0.5) is 5.69 Å². The number of aryl methyl sites for hydroxylation is 1. The molecule has 0 aliphatic heterocycles. The van der Waals surface area contributed by atoms with Crippen LogP contribution in [-0.2, 0) is 16.8 Å². The van der Waals surface area contributed by atoms with Crippen LogP contribution in [0.5, 0.6) is 0 Å². The highest BCUT2D eigenvalue weighted by molar-refractivity contribution is 5.49. The maximum atomic E-state index is 10.5. The van der Waals surface area contributed by atoms with Gasteiger partial charge in [-0.1, -0.05) is 13.0 Å². The summed E-state index contributed by atoms with van der Waals surface area (Å²) in [6.07, 6.45) is 2.59. The standard InChI is InChI=1S/C13H19NO2/c1-2-7-16-9-13(15)6-5-10-8-11(14)3-4-12(10)13/h3-4,8,15H,2,5-7,9,14H2,1H3. The van der Waals surface area contributed by atoms with Gasteiger partial charge in [0.15, 0.2) is 0 Å². The molecule has 1 aromatic carbocycles. The van der Waals surface area contributed by atoms with Crippen molar-refractivity contribution in [3.63, 3.8) is 0 Å². The number of hydrogen-bond acceptors (Lipinski definition) is 3. The van der Waals surface area contributed by atoms with E-state index in [0.717, 1.165) is 36.1 Å². The molecule has 1 aliphatic rings. The third kappa shape index (κ3) is 2.06. The van der Waals surface area contributed by atoms with Crippen molar-refractivity contribution >= 4 is 5.69 Å². The Hall–Kier alpha value is -1.06. The highest BCUT2D eigenvalue weighted by Crippen LogP contribution is 2.37. The van der Waals surface area contributed by atoms with Crippen molar-refractivity contribution in [3.05, 3.63) is 29.3 Å². The molecule has 2 rings (SSSR count). The molecule has 0 bridgehead atoms. The van der Waals surface area contributed by atoms with Crippen LogP contribution in [0.2, 0.25) is 0 Å². The molecule has 0 spiro atoms. The first-order valence-electron chi connectivity index (χ1n) is 5.85. The second kappa shape index (κ2) is 4.44. The van der Waals surface area contributed by atoms with E-state index in [4.69, 9.17) is 10.5 Å². The molecule has 0 saturated heterocycles. The summed E-state index contributed by atoms with van der Waals surface area (Å²) in [6, 6.07) is 5.72. The Morgan fingerprint density at radius 2 is 2.31 bits per heavy atom. The number of ether oxygens (including phenoxy) is 1. The molecule has 16 heavy (non-hydrogen) atoms. The molecule has 0 radical (unpaired) electrons. The van der Waals surface area contributed by atoms with Crippen LogP contribution in [0.3, 0.4) is 0 Å². The lowest BCUT2D eigenvalue weighted by Crippen LogP contribution is -2.29. The highest BCUT2D eigenvalue weighted by atomic mass is 16.5. The summed E-state index contributed by atoms with van der Waals surface area (Å²) >= 11 is 0. The van der Waals surface area contributed by atoms with E-state index in [1.165, 1.54) is 0 Å². The number of fused-ring (bicyclic) bond motifs is 1. The minimum atomic E-state index is -0.807. The van der Waals surface area contributed by atoms with Crippen LogP contribution in [0, 0.1) is 0 Å². The average molecular weight is 221 g/mol. The van der Waals surface area contributed by atoms with E-state index < -0.39 is 5.60 Å². The van der Waals surface area contributed by atoms with Gasteiger partial charge in [-0.15, -0.1) is 0 Å². The summed E-state index contributed by atoms with van der Waals surface area (Å²) < 4.78 is 5.48. The van der Waals surface area contributed by atoms with Crippen LogP contribution < -0.4 is 5.73 Å². The summed E-state index contributed by atoms with van der Waals surface area (Å²) in [5.74, 6) is 0. The molecule has 0 saturated carbocycles. The lowest BCUT2D eigenvalue weighted by atomic mass is 9.97. The Kier molecular flexibility index (Phi) is 3.17. The topological polar surface area (TPSA) is 55.5 Å². The smallest absolute Gasteiger partial charge is 0.113 e. The normalized spacial score (nSPS) is 23.4. The number of benzene rings is 1. The first-order valence-corrected chi connectivity index (χ1v) is 5.85. The lowest BCUT2D eigenvalue weighted by molar-refractivity contribution is -0.0493. The van der Waals surface area contributed by atoms with Gasteiger partial charge in [0.1, 0.15) is 5.60 Å². The van der Waals surface area contributed by atoms with Gasteiger partial charge in [0.2, 0.25) is 0 Å². The summed E-state index contributed by atoms with van der Waals surface area (Å²) in [5, 5.41) is 10.5. The number of anilines is 1. The predicted octanol–water partition coefficient (Wildman–Crippen LogP) is 1.83. The Labute approximate surface area is 96.2 Å². The second-order valence-corrected chi connectivity index (χ2v) is 4.50.